The van der Waals surface area contributed by atoms with Gasteiger partial charge in [0.25, 0.3) is 5.69 Å². The van der Waals surface area contributed by atoms with Crippen molar-refractivity contribution in [1.29, 1.82) is 0 Å². The molecule has 1 saturated heterocycles. The van der Waals surface area contributed by atoms with E-state index in [2.05, 4.69) is 4.90 Å². The maximum Gasteiger partial charge on any atom is 0.318 e. The Balaban J connectivity index is 1.30. The molecule has 1 aliphatic rings. The Morgan fingerprint density at radius 3 is 2.39 bits per heavy atom. The molecule has 0 spiro atoms. The summed E-state index contributed by atoms with van der Waals surface area (Å²) in [5, 5.41) is 12.7. The number of hydrogen-bond donors (Lipinski definition) is 0. The lowest BCUT2D eigenvalue weighted by molar-refractivity contribution is -0.384. The zero-order chi connectivity index (χ0) is 23.4. The van der Waals surface area contributed by atoms with Gasteiger partial charge < -0.3 is 9.08 Å². The maximum absolute atomic E-state index is 12.6. The number of rotatable bonds is 7. The van der Waals surface area contributed by atoms with Crippen LogP contribution in [-0.2, 0) is 21.5 Å². The number of benzene rings is 3. The van der Waals surface area contributed by atoms with Gasteiger partial charge in [0.05, 0.1) is 4.92 Å². The van der Waals surface area contributed by atoms with Crippen LogP contribution in [0.15, 0.2) is 66.7 Å². The van der Waals surface area contributed by atoms with Crippen LogP contribution in [0.25, 0.3) is 10.8 Å². The van der Waals surface area contributed by atoms with Crippen molar-refractivity contribution in [3.05, 3.63) is 82.4 Å². The first-order chi connectivity index (χ1) is 15.8. The first-order valence-electron chi connectivity index (χ1n) is 10.4. The standard InChI is InChI=1S/C23H23N3O6S/c27-23(17-33(30,31)32-22-9-8-19-5-1-2-6-20(19)15-22)25-12-10-24(11-13-25)16-18-4-3-7-21(14-18)26(28)29/h1-9,14-15H,10-13,16-17H2. The minimum absolute atomic E-state index is 0.0398. The van der Waals surface area contributed by atoms with Gasteiger partial charge in [0.15, 0.2) is 5.75 Å². The predicted molar refractivity (Wildman–Crippen MR) is 123 cm³/mol. The van der Waals surface area contributed by atoms with Gasteiger partial charge in [-0.3, -0.25) is 19.8 Å². The highest BCUT2D eigenvalue weighted by Crippen LogP contribution is 2.22. The molecule has 3 aromatic rings. The Labute approximate surface area is 191 Å². The molecule has 0 aliphatic carbocycles. The fourth-order valence-electron chi connectivity index (χ4n) is 3.82. The van der Waals surface area contributed by atoms with Gasteiger partial charge in [0, 0.05) is 44.9 Å². The molecule has 33 heavy (non-hydrogen) atoms. The summed E-state index contributed by atoms with van der Waals surface area (Å²) in [6, 6.07) is 18.9. The van der Waals surface area contributed by atoms with E-state index in [0.29, 0.717) is 32.7 Å². The number of nitro groups is 1. The van der Waals surface area contributed by atoms with Gasteiger partial charge in [-0.2, -0.15) is 8.42 Å². The van der Waals surface area contributed by atoms with Gasteiger partial charge >= 0.3 is 10.1 Å². The Morgan fingerprint density at radius 2 is 1.67 bits per heavy atom. The number of fused-ring (bicyclic) bond motifs is 1. The topological polar surface area (TPSA) is 110 Å². The molecule has 0 bridgehead atoms. The van der Waals surface area contributed by atoms with Gasteiger partial charge in [0.1, 0.15) is 5.75 Å². The number of carbonyl (C=O) groups is 1. The number of carbonyl (C=O) groups excluding carboxylic acids is 1. The average Bonchev–Trinajstić information content (AvgIpc) is 2.79. The fourth-order valence-corrected chi connectivity index (χ4v) is 4.76. The van der Waals surface area contributed by atoms with Crippen LogP contribution in [0.4, 0.5) is 5.69 Å². The third-order valence-corrected chi connectivity index (χ3v) is 6.54. The lowest BCUT2D eigenvalue weighted by Crippen LogP contribution is -2.49. The zero-order valence-electron chi connectivity index (χ0n) is 17.8. The summed E-state index contributed by atoms with van der Waals surface area (Å²) in [6.07, 6.45) is 0. The van der Waals surface area contributed by atoms with Crippen molar-refractivity contribution in [2.45, 2.75) is 6.54 Å². The van der Waals surface area contributed by atoms with Crippen LogP contribution in [-0.4, -0.2) is 61.0 Å². The largest absolute Gasteiger partial charge is 0.382 e. The lowest BCUT2D eigenvalue weighted by atomic mass is 10.1. The van der Waals surface area contributed by atoms with Crippen molar-refractivity contribution in [2.75, 3.05) is 31.9 Å². The number of nitrogens with zero attached hydrogens (tertiary/aromatic N) is 3. The second-order valence-electron chi connectivity index (χ2n) is 7.88. The summed E-state index contributed by atoms with van der Waals surface area (Å²) in [5.41, 5.74) is 0.855. The second kappa shape index (κ2) is 9.55. The molecule has 10 heteroatoms. The summed E-state index contributed by atoms with van der Waals surface area (Å²) >= 11 is 0. The molecular weight excluding hydrogens is 446 g/mol. The van der Waals surface area contributed by atoms with E-state index in [4.69, 9.17) is 4.18 Å². The molecule has 3 aromatic carbocycles. The van der Waals surface area contributed by atoms with Crippen molar-refractivity contribution in [3.63, 3.8) is 0 Å². The Hall–Kier alpha value is -3.50. The zero-order valence-corrected chi connectivity index (χ0v) is 18.6. The van der Waals surface area contributed by atoms with Crippen molar-refractivity contribution in [3.8, 4) is 5.75 Å². The highest BCUT2D eigenvalue weighted by Gasteiger charge is 2.27. The van der Waals surface area contributed by atoms with Gasteiger partial charge in [-0.15, -0.1) is 0 Å². The minimum Gasteiger partial charge on any atom is -0.382 e. The summed E-state index contributed by atoms with van der Waals surface area (Å²) in [4.78, 5) is 26.7. The number of amides is 1. The van der Waals surface area contributed by atoms with Crippen LogP contribution >= 0.6 is 0 Å². The van der Waals surface area contributed by atoms with Crippen molar-refractivity contribution in [2.24, 2.45) is 0 Å². The maximum atomic E-state index is 12.6. The molecule has 1 fully saturated rings. The molecule has 1 amide bonds. The third kappa shape index (κ3) is 5.85. The Bertz CT molecular complexity index is 1290. The molecule has 0 radical (unpaired) electrons. The van der Waals surface area contributed by atoms with E-state index < -0.39 is 26.7 Å². The number of nitro benzene ring substituents is 1. The molecule has 0 N–H and O–H groups in total. The van der Waals surface area contributed by atoms with Gasteiger partial charge in [-0.05, 0) is 28.5 Å². The van der Waals surface area contributed by atoms with E-state index in [1.807, 2.05) is 30.3 Å². The minimum atomic E-state index is -4.10. The third-order valence-electron chi connectivity index (χ3n) is 5.50. The summed E-state index contributed by atoms with van der Waals surface area (Å²) in [5.74, 6) is -1.07. The van der Waals surface area contributed by atoms with E-state index >= 15 is 0 Å². The van der Waals surface area contributed by atoms with Crippen LogP contribution in [0.2, 0.25) is 0 Å². The number of hydrogen-bond acceptors (Lipinski definition) is 7. The molecule has 172 valence electrons. The van der Waals surface area contributed by atoms with Crippen molar-refractivity contribution < 1.29 is 22.3 Å². The Kier molecular flexibility index (Phi) is 6.57. The highest BCUT2D eigenvalue weighted by atomic mass is 32.2. The SMILES string of the molecule is O=C(CS(=O)(=O)Oc1ccc2ccccc2c1)N1CCN(Cc2cccc([N+](=O)[O-])c2)CC1. The van der Waals surface area contributed by atoms with Gasteiger partial charge in [-0.25, -0.2) is 0 Å². The van der Waals surface area contributed by atoms with Gasteiger partial charge in [-0.1, -0.05) is 42.5 Å². The van der Waals surface area contributed by atoms with E-state index in [9.17, 15) is 23.3 Å². The van der Waals surface area contributed by atoms with Crippen LogP contribution in [0, 0.1) is 10.1 Å². The molecule has 0 unspecified atom stereocenters. The normalized spacial score (nSPS) is 14.8. The summed E-state index contributed by atoms with van der Waals surface area (Å²) < 4.78 is 30.1. The molecule has 0 atom stereocenters. The van der Waals surface area contributed by atoms with E-state index in [0.717, 1.165) is 16.3 Å². The van der Waals surface area contributed by atoms with Crippen LogP contribution in [0.1, 0.15) is 5.56 Å². The average molecular weight is 470 g/mol. The predicted octanol–water partition coefficient (Wildman–Crippen LogP) is 2.80. The van der Waals surface area contributed by atoms with Crippen LogP contribution in [0.3, 0.4) is 0 Å². The quantitative estimate of drug-likeness (QED) is 0.297. The molecule has 1 heterocycles. The first kappa shape index (κ1) is 22.7. The molecule has 4 rings (SSSR count). The smallest absolute Gasteiger partial charge is 0.318 e. The molecular formula is C23H23N3O6S. The summed E-state index contributed by atoms with van der Waals surface area (Å²) in [6.45, 7) is 2.35. The van der Waals surface area contributed by atoms with E-state index in [-0.39, 0.29) is 11.4 Å². The monoisotopic (exact) mass is 469 g/mol. The number of non-ortho nitro benzene ring substituents is 1. The summed E-state index contributed by atoms with van der Waals surface area (Å²) in [7, 11) is -4.10. The Morgan fingerprint density at radius 1 is 0.939 bits per heavy atom. The fraction of sp³-hybridized carbons (Fsp3) is 0.261. The van der Waals surface area contributed by atoms with E-state index in [1.165, 1.54) is 17.0 Å². The molecule has 0 aromatic heterocycles. The second-order valence-corrected chi connectivity index (χ2v) is 9.45. The van der Waals surface area contributed by atoms with Crippen molar-refractivity contribution >= 4 is 32.5 Å². The molecule has 0 saturated carbocycles. The van der Waals surface area contributed by atoms with Crippen molar-refractivity contribution in [1.82, 2.24) is 9.80 Å². The van der Waals surface area contributed by atoms with Crippen LogP contribution in [0.5, 0.6) is 5.75 Å². The van der Waals surface area contributed by atoms with Gasteiger partial charge in [0.2, 0.25) is 5.91 Å². The lowest BCUT2D eigenvalue weighted by Gasteiger charge is -2.34. The molecule has 9 nitrogen and oxygen atoms in total. The first-order valence-corrected chi connectivity index (χ1v) is 12.0. The van der Waals surface area contributed by atoms with Crippen LogP contribution < -0.4 is 4.18 Å². The molecule has 1 aliphatic heterocycles. The highest BCUT2D eigenvalue weighted by molar-refractivity contribution is 7.87. The van der Waals surface area contributed by atoms with E-state index in [1.54, 1.807) is 24.3 Å². The number of piperazine rings is 1.